The van der Waals surface area contributed by atoms with Crippen LogP contribution in [0.25, 0.3) is 0 Å². The number of carbonyl (C=O) groups is 2. The Labute approximate surface area is 112 Å². The van der Waals surface area contributed by atoms with Crippen LogP contribution in [0.3, 0.4) is 0 Å². The fourth-order valence-corrected chi connectivity index (χ4v) is 0.600. The van der Waals surface area contributed by atoms with Gasteiger partial charge in [-0.3, -0.25) is 0 Å². The van der Waals surface area contributed by atoms with E-state index in [0.29, 0.717) is 0 Å². The molecule has 0 fully saturated rings. The Morgan fingerprint density at radius 1 is 0.882 bits per heavy atom. The van der Waals surface area contributed by atoms with Crippen LogP contribution in [0.2, 0.25) is 0 Å². The number of rotatable bonds is 6. The van der Waals surface area contributed by atoms with Gasteiger partial charge in [-0.25, -0.2) is 0 Å². The molecule has 6 nitrogen and oxygen atoms in total. The molecule has 0 spiro atoms. The SMILES string of the molecule is CCCCOC(=O)[O-].CCCCOC(=O)[O-].[Fe+2]. The summed E-state index contributed by atoms with van der Waals surface area (Å²) in [5.41, 5.74) is 0. The van der Waals surface area contributed by atoms with Crippen molar-refractivity contribution in [2.75, 3.05) is 13.2 Å². The summed E-state index contributed by atoms with van der Waals surface area (Å²) >= 11 is 0. The van der Waals surface area contributed by atoms with E-state index < -0.39 is 12.3 Å². The van der Waals surface area contributed by atoms with Gasteiger partial charge in [-0.2, -0.15) is 0 Å². The van der Waals surface area contributed by atoms with Gasteiger partial charge >= 0.3 is 17.1 Å². The molecule has 0 N–H and O–H groups in total. The van der Waals surface area contributed by atoms with Gasteiger partial charge in [-0.15, -0.1) is 0 Å². The molecule has 102 valence electrons. The van der Waals surface area contributed by atoms with Crippen LogP contribution in [0.1, 0.15) is 39.5 Å². The van der Waals surface area contributed by atoms with Crippen molar-refractivity contribution in [1.29, 1.82) is 0 Å². The van der Waals surface area contributed by atoms with Crippen molar-refractivity contribution in [1.82, 2.24) is 0 Å². The molecule has 0 amide bonds. The molecule has 7 heteroatoms. The van der Waals surface area contributed by atoms with Crippen molar-refractivity contribution in [3.8, 4) is 0 Å². The maximum absolute atomic E-state index is 9.54. The maximum atomic E-state index is 9.54. The number of carbonyl (C=O) groups excluding carboxylic acids is 2. The molecule has 0 aliphatic carbocycles. The predicted molar refractivity (Wildman–Crippen MR) is 52.5 cm³/mol. The van der Waals surface area contributed by atoms with E-state index in [2.05, 4.69) is 9.47 Å². The minimum atomic E-state index is -1.43. The Morgan fingerprint density at radius 2 is 1.18 bits per heavy atom. The van der Waals surface area contributed by atoms with Gasteiger partial charge in [0.15, 0.2) is 0 Å². The second-order valence-electron chi connectivity index (χ2n) is 2.90. The fourth-order valence-electron chi connectivity index (χ4n) is 0.600. The topological polar surface area (TPSA) is 98.7 Å². The second-order valence-corrected chi connectivity index (χ2v) is 2.90. The number of unbranched alkanes of at least 4 members (excludes halogenated alkanes) is 2. The molecule has 0 saturated heterocycles. The van der Waals surface area contributed by atoms with Gasteiger partial charge in [0.2, 0.25) is 0 Å². The van der Waals surface area contributed by atoms with Crippen molar-refractivity contribution in [2.24, 2.45) is 0 Å². The predicted octanol–water partition coefficient (Wildman–Crippen LogP) is 0.290. The first-order valence-electron chi connectivity index (χ1n) is 5.22. The van der Waals surface area contributed by atoms with Crippen LogP contribution in [0, 0.1) is 0 Å². The van der Waals surface area contributed by atoms with Gasteiger partial charge < -0.3 is 29.3 Å². The van der Waals surface area contributed by atoms with E-state index in [4.69, 9.17) is 0 Å². The Hall–Kier alpha value is -0.941. The number of carboxylic acid groups (broad SMARTS) is 2. The minimum absolute atomic E-state index is 0. The maximum Gasteiger partial charge on any atom is 2.00 e. The molecule has 0 atom stereocenters. The average Bonchev–Trinajstić information content (AvgIpc) is 2.18. The monoisotopic (exact) mass is 290 g/mol. The smallest absolute Gasteiger partial charge is 0.550 e. The van der Waals surface area contributed by atoms with Crippen molar-refractivity contribution >= 4 is 12.3 Å². The summed E-state index contributed by atoms with van der Waals surface area (Å²) in [6, 6.07) is 0. The van der Waals surface area contributed by atoms with Crippen molar-refractivity contribution in [2.45, 2.75) is 39.5 Å². The summed E-state index contributed by atoms with van der Waals surface area (Å²) in [6.07, 6.45) is 0.555. The van der Waals surface area contributed by atoms with E-state index in [-0.39, 0.29) is 30.3 Å². The van der Waals surface area contributed by atoms with Crippen LogP contribution >= 0.6 is 0 Å². The first-order chi connectivity index (χ1) is 7.54. The normalized spacial score (nSPS) is 8.12. The van der Waals surface area contributed by atoms with Crippen LogP contribution in [-0.2, 0) is 26.5 Å². The summed E-state index contributed by atoms with van der Waals surface area (Å²) < 4.78 is 8.18. The molecule has 17 heavy (non-hydrogen) atoms. The Bertz CT molecular complexity index is 166. The molecule has 0 aromatic rings. The number of hydrogen-bond acceptors (Lipinski definition) is 6. The third-order valence-corrected chi connectivity index (χ3v) is 1.44. The Balaban J connectivity index is -0.000000218. The third kappa shape index (κ3) is 31.3. The molecule has 0 bridgehead atoms. The summed E-state index contributed by atoms with van der Waals surface area (Å²) in [5, 5.41) is 19.1. The zero-order valence-electron chi connectivity index (χ0n) is 10.0. The fraction of sp³-hybridized carbons (Fsp3) is 0.800. The zero-order valence-corrected chi connectivity index (χ0v) is 11.1. The molecule has 0 aromatic carbocycles. The van der Waals surface area contributed by atoms with Crippen LogP contribution < -0.4 is 10.2 Å². The van der Waals surface area contributed by atoms with E-state index >= 15 is 0 Å². The van der Waals surface area contributed by atoms with E-state index in [0.717, 1.165) is 25.7 Å². The van der Waals surface area contributed by atoms with E-state index in [9.17, 15) is 19.8 Å². The van der Waals surface area contributed by atoms with E-state index in [1.54, 1.807) is 0 Å². The van der Waals surface area contributed by atoms with Crippen molar-refractivity contribution < 1.29 is 46.3 Å². The van der Waals surface area contributed by atoms with Gasteiger partial charge in [0.05, 0.1) is 0 Å². The molecule has 0 unspecified atom stereocenters. The molecule has 0 heterocycles. The van der Waals surface area contributed by atoms with Crippen LogP contribution in [0.4, 0.5) is 9.59 Å². The number of hydrogen-bond donors (Lipinski definition) is 0. The van der Waals surface area contributed by atoms with E-state index in [1.807, 2.05) is 13.8 Å². The van der Waals surface area contributed by atoms with Crippen LogP contribution in [0.5, 0.6) is 0 Å². The van der Waals surface area contributed by atoms with Gasteiger partial charge in [0.25, 0.3) is 12.3 Å². The largest absolute Gasteiger partial charge is 2.00 e. The Morgan fingerprint density at radius 3 is 1.35 bits per heavy atom. The summed E-state index contributed by atoms with van der Waals surface area (Å²) in [4.78, 5) is 19.1. The summed E-state index contributed by atoms with van der Waals surface area (Å²) in [5.74, 6) is 0. The zero-order chi connectivity index (χ0) is 12.8. The molecule has 0 aliphatic heterocycles. The first kappa shape index (κ1) is 21.4. The molecular formula is C10H18FeO6. The molecule has 0 saturated carbocycles. The number of ether oxygens (including phenoxy) is 2. The van der Waals surface area contributed by atoms with Crippen LogP contribution in [0.15, 0.2) is 0 Å². The first-order valence-corrected chi connectivity index (χ1v) is 5.22. The van der Waals surface area contributed by atoms with Gasteiger partial charge in [-0.05, 0) is 12.8 Å². The minimum Gasteiger partial charge on any atom is -0.550 e. The molecule has 0 aliphatic rings. The molecule has 0 radical (unpaired) electrons. The van der Waals surface area contributed by atoms with E-state index in [1.165, 1.54) is 0 Å². The van der Waals surface area contributed by atoms with Gasteiger partial charge in [-0.1, -0.05) is 26.7 Å². The Kier molecular flexibility index (Phi) is 21.9. The van der Waals surface area contributed by atoms with Gasteiger partial charge in [0, 0.05) is 13.2 Å². The van der Waals surface area contributed by atoms with Crippen molar-refractivity contribution in [3.63, 3.8) is 0 Å². The third-order valence-electron chi connectivity index (χ3n) is 1.44. The summed E-state index contributed by atoms with van der Waals surface area (Å²) in [6.45, 7) is 4.44. The average molecular weight is 290 g/mol. The van der Waals surface area contributed by atoms with Gasteiger partial charge in [0.1, 0.15) is 0 Å². The van der Waals surface area contributed by atoms with Crippen molar-refractivity contribution in [3.05, 3.63) is 0 Å². The van der Waals surface area contributed by atoms with Crippen LogP contribution in [-0.4, -0.2) is 25.5 Å². The standard InChI is InChI=1S/2C5H10O3.Fe/c2*1-2-3-4-8-5(6)7;/h2*2-4H2,1H3,(H,6,7);/q;;+2/p-2. The quantitative estimate of drug-likeness (QED) is 0.396. The molecule has 0 rings (SSSR count). The second kappa shape index (κ2) is 17.5. The molecule has 0 aromatic heterocycles. The summed E-state index contributed by atoms with van der Waals surface area (Å²) in [7, 11) is 0. The molecular weight excluding hydrogens is 272 g/mol.